The van der Waals surface area contributed by atoms with Gasteiger partial charge >= 0.3 is 5.97 Å². The Hall–Kier alpha value is -0.870. The Morgan fingerprint density at radius 1 is 1.64 bits per heavy atom. The minimum atomic E-state index is -0.968. The van der Waals surface area contributed by atoms with Gasteiger partial charge in [-0.3, -0.25) is 4.79 Å². The standard InChI is InChI=1S/C10H12BrNO2/c1-6-7(3-2-4-8(6)11)5-9(12)10(13)14/h2-4,9H,5,12H2,1H3,(H,13,14). The van der Waals surface area contributed by atoms with Crippen LogP contribution in [-0.4, -0.2) is 17.1 Å². The van der Waals surface area contributed by atoms with Gasteiger partial charge < -0.3 is 10.8 Å². The molecule has 76 valence electrons. The fourth-order valence-electron chi connectivity index (χ4n) is 1.20. The fraction of sp³-hybridized carbons (Fsp3) is 0.300. The molecule has 0 heterocycles. The number of aliphatic carboxylic acids is 1. The lowest BCUT2D eigenvalue weighted by Gasteiger charge is -2.10. The topological polar surface area (TPSA) is 63.3 Å². The maximum atomic E-state index is 10.6. The summed E-state index contributed by atoms with van der Waals surface area (Å²) >= 11 is 3.38. The zero-order chi connectivity index (χ0) is 10.7. The second-order valence-corrected chi connectivity index (χ2v) is 4.03. The lowest BCUT2D eigenvalue weighted by Crippen LogP contribution is -2.32. The summed E-state index contributed by atoms with van der Waals surface area (Å²) in [6.07, 6.45) is 0.362. The largest absolute Gasteiger partial charge is 0.480 e. The Kier molecular flexibility index (Phi) is 3.66. The van der Waals surface area contributed by atoms with Crippen molar-refractivity contribution in [2.75, 3.05) is 0 Å². The van der Waals surface area contributed by atoms with E-state index in [2.05, 4.69) is 15.9 Å². The number of rotatable bonds is 3. The molecule has 4 heteroatoms. The minimum Gasteiger partial charge on any atom is -0.480 e. The highest BCUT2D eigenvalue weighted by Crippen LogP contribution is 2.20. The molecule has 1 atom stereocenters. The summed E-state index contributed by atoms with van der Waals surface area (Å²) in [7, 11) is 0. The van der Waals surface area contributed by atoms with E-state index in [1.165, 1.54) is 0 Å². The van der Waals surface area contributed by atoms with Gasteiger partial charge in [0.1, 0.15) is 6.04 Å². The van der Waals surface area contributed by atoms with E-state index in [4.69, 9.17) is 10.8 Å². The third-order valence-corrected chi connectivity index (χ3v) is 3.00. The van der Waals surface area contributed by atoms with Crippen LogP contribution < -0.4 is 5.73 Å². The second-order valence-electron chi connectivity index (χ2n) is 3.17. The van der Waals surface area contributed by atoms with Crippen molar-refractivity contribution in [2.45, 2.75) is 19.4 Å². The highest BCUT2D eigenvalue weighted by molar-refractivity contribution is 9.10. The first-order valence-corrected chi connectivity index (χ1v) is 5.04. The van der Waals surface area contributed by atoms with Crippen molar-refractivity contribution in [3.8, 4) is 0 Å². The lowest BCUT2D eigenvalue weighted by atomic mass is 10.0. The normalized spacial score (nSPS) is 12.5. The van der Waals surface area contributed by atoms with Crippen LogP contribution in [-0.2, 0) is 11.2 Å². The molecule has 0 aliphatic heterocycles. The number of hydrogen-bond acceptors (Lipinski definition) is 2. The summed E-state index contributed by atoms with van der Waals surface area (Å²) in [5.74, 6) is -0.968. The Bertz CT molecular complexity index is 352. The van der Waals surface area contributed by atoms with Gasteiger partial charge in [0, 0.05) is 4.47 Å². The zero-order valence-electron chi connectivity index (χ0n) is 7.83. The molecule has 0 saturated heterocycles. The van der Waals surface area contributed by atoms with E-state index in [9.17, 15) is 4.79 Å². The fourth-order valence-corrected chi connectivity index (χ4v) is 1.60. The maximum Gasteiger partial charge on any atom is 0.320 e. The number of carboxylic acid groups (broad SMARTS) is 1. The van der Waals surface area contributed by atoms with E-state index in [1.54, 1.807) is 0 Å². The molecular formula is C10H12BrNO2. The van der Waals surface area contributed by atoms with Gasteiger partial charge in [0.25, 0.3) is 0 Å². The van der Waals surface area contributed by atoms with Crippen LogP contribution in [0.3, 0.4) is 0 Å². The summed E-state index contributed by atoms with van der Waals surface area (Å²) in [4.78, 5) is 10.6. The van der Waals surface area contributed by atoms with E-state index in [-0.39, 0.29) is 0 Å². The molecule has 14 heavy (non-hydrogen) atoms. The van der Waals surface area contributed by atoms with Crippen LogP contribution in [0.4, 0.5) is 0 Å². The molecule has 0 saturated carbocycles. The van der Waals surface area contributed by atoms with E-state index >= 15 is 0 Å². The van der Waals surface area contributed by atoms with Crippen LogP contribution in [0.5, 0.6) is 0 Å². The SMILES string of the molecule is Cc1c(Br)cccc1CC(N)C(=O)O. The zero-order valence-corrected chi connectivity index (χ0v) is 9.41. The van der Waals surface area contributed by atoms with Crippen LogP contribution in [0.2, 0.25) is 0 Å². The summed E-state index contributed by atoms with van der Waals surface area (Å²) in [5.41, 5.74) is 7.47. The first-order valence-electron chi connectivity index (χ1n) is 4.24. The monoisotopic (exact) mass is 257 g/mol. The van der Waals surface area contributed by atoms with Crippen LogP contribution in [0, 0.1) is 6.92 Å². The number of carboxylic acids is 1. The van der Waals surface area contributed by atoms with Crippen molar-refractivity contribution in [3.63, 3.8) is 0 Å². The van der Waals surface area contributed by atoms with Gasteiger partial charge in [0.05, 0.1) is 0 Å². The average molecular weight is 258 g/mol. The predicted octanol–water partition coefficient (Wildman–Crippen LogP) is 1.71. The Morgan fingerprint density at radius 2 is 2.29 bits per heavy atom. The molecule has 0 bridgehead atoms. The minimum absolute atomic E-state index is 0.362. The van der Waals surface area contributed by atoms with Crippen LogP contribution in [0.1, 0.15) is 11.1 Å². The summed E-state index contributed by atoms with van der Waals surface area (Å²) in [6, 6.07) is 4.86. The molecule has 1 rings (SSSR count). The van der Waals surface area contributed by atoms with Crippen LogP contribution in [0.15, 0.2) is 22.7 Å². The quantitative estimate of drug-likeness (QED) is 0.867. The molecular weight excluding hydrogens is 246 g/mol. The van der Waals surface area contributed by atoms with Crippen molar-refractivity contribution in [2.24, 2.45) is 5.73 Å². The molecule has 1 aromatic rings. The lowest BCUT2D eigenvalue weighted by molar-refractivity contribution is -0.138. The predicted molar refractivity (Wildman–Crippen MR) is 58.2 cm³/mol. The first-order chi connectivity index (χ1) is 6.52. The molecule has 0 aliphatic rings. The summed E-state index contributed by atoms with van der Waals surface area (Å²) < 4.78 is 0.979. The number of nitrogens with two attached hydrogens (primary N) is 1. The maximum absolute atomic E-state index is 10.6. The van der Waals surface area contributed by atoms with Crippen molar-refractivity contribution in [3.05, 3.63) is 33.8 Å². The number of halogens is 1. The van der Waals surface area contributed by atoms with Gasteiger partial charge in [-0.25, -0.2) is 0 Å². The van der Waals surface area contributed by atoms with E-state index in [0.717, 1.165) is 15.6 Å². The molecule has 1 aromatic carbocycles. The molecule has 1 unspecified atom stereocenters. The van der Waals surface area contributed by atoms with Gasteiger partial charge in [-0.2, -0.15) is 0 Å². The highest BCUT2D eigenvalue weighted by Gasteiger charge is 2.13. The molecule has 0 amide bonds. The van der Waals surface area contributed by atoms with Crippen molar-refractivity contribution in [1.82, 2.24) is 0 Å². The second kappa shape index (κ2) is 4.57. The van der Waals surface area contributed by atoms with Crippen LogP contribution >= 0.6 is 15.9 Å². The molecule has 0 aliphatic carbocycles. The van der Waals surface area contributed by atoms with Gasteiger partial charge in [-0.05, 0) is 30.5 Å². The van der Waals surface area contributed by atoms with Gasteiger partial charge in [-0.1, -0.05) is 28.1 Å². The molecule has 3 nitrogen and oxygen atoms in total. The van der Waals surface area contributed by atoms with Gasteiger partial charge in [0.15, 0.2) is 0 Å². The van der Waals surface area contributed by atoms with Crippen LogP contribution in [0.25, 0.3) is 0 Å². The Morgan fingerprint density at radius 3 is 2.86 bits per heavy atom. The summed E-state index contributed by atoms with van der Waals surface area (Å²) in [5, 5.41) is 8.67. The highest BCUT2D eigenvalue weighted by atomic mass is 79.9. The van der Waals surface area contributed by atoms with Crippen molar-refractivity contribution < 1.29 is 9.90 Å². The summed E-state index contributed by atoms with van der Waals surface area (Å²) in [6.45, 7) is 1.94. The van der Waals surface area contributed by atoms with Gasteiger partial charge in [0.2, 0.25) is 0 Å². The average Bonchev–Trinajstić information content (AvgIpc) is 2.12. The molecule has 0 radical (unpaired) electrons. The molecule has 0 aromatic heterocycles. The Balaban J connectivity index is 2.87. The van der Waals surface area contributed by atoms with E-state index in [0.29, 0.717) is 6.42 Å². The van der Waals surface area contributed by atoms with E-state index < -0.39 is 12.0 Å². The third-order valence-electron chi connectivity index (χ3n) is 2.14. The Labute approximate surface area is 91.1 Å². The van der Waals surface area contributed by atoms with Gasteiger partial charge in [-0.15, -0.1) is 0 Å². The van der Waals surface area contributed by atoms with Crippen molar-refractivity contribution in [1.29, 1.82) is 0 Å². The van der Waals surface area contributed by atoms with E-state index in [1.807, 2.05) is 25.1 Å². The first kappa shape index (κ1) is 11.2. The third kappa shape index (κ3) is 2.56. The smallest absolute Gasteiger partial charge is 0.320 e. The number of carbonyl (C=O) groups is 1. The number of benzene rings is 1. The molecule has 0 spiro atoms. The molecule has 0 fully saturated rings. The van der Waals surface area contributed by atoms with Crippen molar-refractivity contribution >= 4 is 21.9 Å². The molecule has 3 N–H and O–H groups in total. The number of hydrogen-bond donors (Lipinski definition) is 2.